The standard InChI is InChI=1S/C29H32N2O5/c1-28(2,3)35-26(32)25(24(22-16-11-17-34-22)31-27(33)36-29(4,5)6)30-23-20-14-9-7-12-18(20)19-13-8-10-15-21(19)23/h7-17,24-25H,1-6H3,(H,31,33)/t24-,25+/m1/s1. The van der Waals surface area contributed by atoms with Crippen molar-refractivity contribution in [2.45, 2.75) is 64.8 Å². The number of nitrogens with one attached hydrogen (secondary N) is 1. The van der Waals surface area contributed by atoms with Crippen molar-refractivity contribution in [2.75, 3.05) is 0 Å². The van der Waals surface area contributed by atoms with Crippen LogP contribution in [0, 0.1) is 0 Å². The zero-order valence-corrected chi connectivity index (χ0v) is 21.5. The first-order valence-electron chi connectivity index (χ1n) is 12.0. The lowest BCUT2D eigenvalue weighted by Gasteiger charge is -2.28. The molecule has 4 rings (SSSR count). The molecule has 0 unspecified atom stereocenters. The lowest BCUT2D eigenvalue weighted by atomic mass is 10.0. The maximum Gasteiger partial charge on any atom is 0.408 e. The molecule has 7 nitrogen and oxygen atoms in total. The number of carbonyl (C=O) groups excluding carboxylic acids is 2. The van der Waals surface area contributed by atoms with Crippen LogP contribution in [0.15, 0.2) is 76.3 Å². The van der Waals surface area contributed by atoms with E-state index >= 15 is 0 Å². The fourth-order valence-corrected chi connectivity index (χ4v) is 4.11. The number of hydrogen-bond acceptors (Lipinski definition) is 6. The molecule has 1 aliphatic carbocycles. The number of esters is 1. The van der Waals surface area contributed by atoms with Crippen LogP contribution in [0.2, 0.25) is 0 Å². The summed E-state index contributed by atoms with van der Waals surface area (Å²) in [5.74, 6) is -0.227. The van der Waals surface area contributed by atoms with Crippen molar-refractivity contribution in [2.24, 2.45) is 4.99 Å². The first-order chi connectivity index (χ1) is 16.9. The molecular weight excluding hydrogens is 456 g/mol. The molecule has 1 N–H and O–H groups in total. The highest BCUT2D eigenvalue weighted by Crippen LogP contribution is 2.38. The molecule has 2 aromatic carbocycles. The summed E-state index contributed by atoms with van der Waals surface area (Å²) < 4.78 is 16.9. The third kappa shape index (κ3) is 5.67. The molecule has 3 aromatic rings. The zero-order chi connectivity index (χ0) is 26.1. The van der Waals surface area contributed by atoms with Gasteiger partial charge in [0.2, 0.25) is 0 Å². The van der Waals surface area contributed by atoms with Crippen LogP contribution < -0.4 is 5.32 Å². The minimum absolute atomic E-state index is 0.362. The number of alkyl carbamates (subject to hydrolysis) is 1. The Bertz CT molecular complexity index is 1230. The highest BCUT2D eigenvalue weighted by molar-refractivity contribution is 6.24. The molecule has 0 radical (unpaired) electrons. The Morgan fingerprint density at radius 1 is 0.778 bits per heavy atom. The zero-order valence-electron chi connectivity index (χ0n) is 21.5. The van der Waals surface area contributed by atoms with Gasteiger partial charge in [-0.1, -0.05) is 48.5 Å². The summed E-state index contributed by atoms with van der Waals surface area (Å²) >= 11 is 0. The first-order valence-corrected chi connectivity index (χ1v) is 12.0. The van der Waals surface area contributed by atoms with Gasteiger partial charge in [0.15, 0.2) is 6.04 Å². The van der Waals surface area contributed by atoms with Crippen molar-refractivity contribution in [3.05, 3.63) is 83.8 Å². The van der Waals surface area contributed by atoms with Crippen molar-refractivity contribution in [1.82, 2.24) is 5.32 Å². The summed E-state index contributed by atoms with van der Waals surface area (Å²) in [6.45, 7) is 10.7. The predicted molar refractivity (Wildman–Crippen MR) is 138 cm³/mol. The molecule has 0 fully saturated rings. The van der Waals surface area contributed by atoms with Crippen LogP contribution in [-0.4, -0.2) is 35.0 Å². The van der Waals surface area contributed by atoms with Crippen LogP contribution in [0.3, 0.4) is 0 Å². The summed E-state index contributed by atoms with van der Waals surface area (Å²) in [6, 6.07) is 17.1. The predicted octanol–water partition coefficient (Wildman–Crippen LogP) is 6.07. The summed E-state index contributed by atoms with van der Waals surface area (Å²) in [5.41, 5.74) is 3.04. The van der Waals surface area contributed by atoms with E-state index in [1.54, 1.807) is 53.7 Å². The van der Waals surface area contributed by atoms with E-state index in [0.717, 1.165) is 22.3 Å². The van der Waals surface area contributed by atoms with Gasteiger partial charge >= 0.3 is 12.1 Å². The second kappa shape index (κ2) is 9.64. The summed E-state index contributed by atoms with van der Waals surface area (Å²) in [6.07, 6.45) is 0.795. The van der Waals surface area contributed by atoms with E-state index in [-0.39, 0.29) is 0 Å². The van der Waals surface area contributed by atoms with Gasteiger partial charge in [0.1, 0.15) is 23.0 Å². The van der Waals surface area contributed by atoms with Crippen LogP contribution in [0.25, 0.3) is 11.1 Å². The Labute approximate surface area is 211 Å². The topological polar surface area (TPSA) is 90.1 Å². The van der Waals surface area contributed by atoms with Crippen molar-refractivity contribution in [3.8, 4) is 11.1 Å². The molecule has 7 heteroatoms. The van der Waals surface area contributed by atoms with Crippen LogP contribution in [0.4, 0.5) is 4.79 Å². The fourth-order valence-electron chi connectivity index (χ4n) is 4.11. The van der Waals surface area contributed by atoms with Crippen molar-refractivity contribution < 1.29 is 23.5 Å². The van der Waals surface area contributed by atoms with Crippen LogP contribution in [0.5, 0.6) is 0 Å². The van der Waals surface area contributed by atoms with Crippen molar-refractivity contribution in [1.29, 1.82) is 0 Å². The Hall–Kier alpha value is -3.87. The highest BCUT2D eigenvalue weighted by atomic mass is 16.6. The number of carbonyl (C=O) groups is 2. The van der Waals surface area contributed by atoms with Crippen molar-refractivity contribution >= 4 is 17.8 Å². The van der Waals surface area contributed by atoms with Gasteiger partial charge < -0.3 is 19.2 Å². The van der Waals surface area contributed by atoms with E-state index in [0.29, 0.717) is 11.5 Å². The maximum atomic E-state index is 13.6. The average molecular weight is 489 g/mol. The molecule has 0 saturated heterocycles. The minimum atomic E-state index is -1.14. The Kier molecular flexibility index (Phi) is 6.76. The molecule has 1 aliphatic rings. The van der Waals surface area contributed by atoms with Crippen molar-refractivity contribution in [3.63, 3.8) is 0 Å². The molecule has 0 saturated carbocycles. The lowest BCUT2D eigenvalue weighted by Crippen LogP contribution is -2.44. The molecule has 2 atom stereocenters. The quantitative estimate of drug-likeness (QED) is 0.344. The van der Waals surface area contributed by atoms with E-state index < -0.39 is 35.3 Å². The number of amides is 1. The van der Waals surface area contributed by atoms with Gasteiger partial charge in [-0.05, 0) is 64.8 Å². The molecular formula is C29H32N2O5. The number of aliphatic imine (C=N–C) groups is 1. The van der Waals surface area contributed by atoms with E-state index in [4.69, 9.17) is 18.9 Å². The molecule has 188 valence electrons. The summed E-state index contributed by atoms with van der Waals surface area (Å²) in [5, 5.41) is 2.80. The molecule has 1 aromatic heterocycles. The summed E-state index contributed by atoms with van der Waals surface area (Å²) in [7, 11) is 0. The third-order valence-corrected chi connectivity index (χ3v) is 5.41. The van der Waals surface area contributed by atoms with E-state index in [1.807, 2.05) is 48.5 Å². The molecule has 1 amide bonds. The van der Waals surface area contributed by atoms with E-state index in [9.17, 15) is 9.59 Å². The number of fused-ring (bicyclic) bond motifs is 3. The number of ether oxygens (including phenoxy) is 2. The van der Waals surface area contributed by atoms with Gasteiger partial charge in [-0.15, -0.1) is 0 Å². The summed E-state index contributed by atoms with van der Waals surface area (Å²) in [4.78, 5) is 31.4. The Balaban J connectivity index is 1.84. The Morgan fingerprint density at radius 2 is 1.31 bits per heavy atom. The Morgan fingerprint density at radius 3 is 1.78 bits per heavy atom. The van der Waals surface area contributed by atoms with Gasteiger partial charge in [-0.2, -0.15) is 0 Å². The molecule has 36 heavy (non-hydrogen) atoms. The first kappa shape index (κ1) is 25.2. The smallest absolute Gasteiger partial charge is 0.408 e. The van der Waals surface area contributed by atoms with Crippen LogP contribution >= 0.6 is 0 Å². The van der Waals surface area contributed by atoms with Gasteiger partial charge in [0.05, 0.1) is 12.0 Å². The molecule has 1 heterocycles. The highest BCUT2D eigenvalue weighted by Gasteiger charge is 2.38. The van der Waals surface area contributed by atoms with Gasteiger partial charge in [-0.3, -0.25) is 4.99 Å². The minimum Gasteiger partial charge on any atom is -0.467 e. The SMILES string of the molecule is CC(C)(C)OC(=O)N[C@H](c1ccco1)[C@H](N=C1c2ccccc2-c2ccccc21)C(=O)OC(C)(C)C. The monoisotopic (exact) mass is 488 g/mol. The molecule has 0 bridgehead atoms. The second-order valence-electron chi connectivity index (χ2n) is 10.7. The van der Waals surface area contributed by atoms with Gasteiger partial charge in [0.25, 0.3) is 0 Å². The number of nitrogens with zero attached hydrogens (tertiary/aromatic N) is 1. The van der Waals surface area contributed by atoms with Gasteiger partial charge in [-0.25, -0.2) is 9.59 Å². The van der Waals surface area contributed by atoms with E-state index in [2.05, 4.69) is 5.32 Å². The normalized spacial score (nSPS) is 14.3. The lowest BCUT2D eigenvalue weighted by molar-refractivity contribution is -0.157. The number of benzene rings is 2. The largest absolute Gasteiger partial charge is 0.467 e. The van der Waals surface area contributed by atoms with Crippen LogP contribution in [-0.2, 0) is 14.3 Å². The third-order valence-electron chi connectivity index (χ3n) is 5.41. The number of rotatable bonds is 5. The fraction of sp³-hybridized carbons (Fsp3) is 0.345. The maximum absolute atomic E-state index is 13.6. The van der Waals surface area contributed by atoms with Crippen LogP contribution in [0.1, 0.15) is 64.5 Å². The molecule has 0 aliphatic heterocycles. The number of hydrogen-bond donors (Lipinski definition) is 1. The second-order valence-corrected chi connectivity index (χ2v) is 10.7. The average Bonchev–Trinajstić information content (AvgIpc) is 3.41. The van der Waals surface area contributed by atoms with Gasteiger partial charge in [0, 0.05) is 11.1 Å². The molecule has 0 spiro atoms. The number of furan rings is 1. The van der Waals surface area contributed by atoms with E-state index in [1.165, 1.54) is 6.26 Å².